The van der Waals surface area contributed by atoms with E-state index in [1.165, 1.54) is 0 Å². The SMILES string of the molecule is Cc1ccnc(C)c1C(=O)C(C)(C)C.O. The lowest BCUT2D eigenvalue weighted by Gasteiger charge is -2.19. The van der Waals surface area contributed by atoms with Gasteiger partial charge < -0.3 is 5.48 Å². The summed E-state index contributed by atoms with van der Waals surface area (Å²) < 4.78 is 0. The highest BCUT2D eigenvalue weighted by Gasteiger charge is 2.25. The second kappa shape index (κ2) is 4.53. The Labute approximate surface area is 90.8 Å². The van der Waals surface area contributed by atoms with Crippen molar-refractivity contribution in [1.82, 2.24) is 4.98 Å². The van der Waals surface area contributed by atoms with Gasteiger partial charge in [0, 0.05) is 22.9 Å². The third kappa shape index (κ3) is 2.86. The number of aryl methyl sites for hydroxylation is 2. The molecule has 0 fully saturated rings. The van der Waals surface area contributed by atoms with E-state index in [0.717, 1.165) is 16.8 Å². The van der Waals surface area contributed by atoms with Crippen molar-refractivity contribution in [3.05, 3.63) is 29.1 Å². The minimum atomic E-state index is -0.335. The minimum absolute atomic E-state index is 0. The fourth-order valence-electron chi connectivity index (χ4n) is 1.41. The van der Waals surface area contributed by atoms with E-state index in [1.807, 2.05) is 40.7 Å². The number of Topliss-reactive ketones (excluding diaryl/α,β-unsaturated/α-hetero) is 1. The van der Waals surface area contributed by atoms with Gasteiger partial charge in [-0.05, 0) is 25.5 Å². The molecule has 3 heteroatoms. The molecular weight excluding hydrogens is 190 g/mol. The van der Waals surface area contributed by atoms with Crippen LogP contribution in [0.1, 0.15) is 42.4 Å². The Morgan fingerprint density at radius 2 is 1.80 bits per heavy atom. The summed E-state index contributed by atoms with van der Waals surface area (Å²) in [4.78, 5) is 16.2. The van der Waals surface area contributed by atoms with E-state index < -0.39 is 0 Å². The highest BCUT2D eigenvalue weighted by Crippen LogP contribution is 2.24. The molecule has 0 radical (unpaired) electrons. The summed E-state index contributed by atoms with van der Waals surface area (Å²) in [5, 5.41) is 0. The van der Waals surface area contributed by atoms with Crippen molar-refractivity contribution in [1.29, 1.82) is 0 Å². The van der Waals surface area contributed by atoms with Crippen LogP contribution in [0, 0.1) is 19.3 Å². The molecule has 0 spiro atoms. The zero-order valence-corrected chi connectivity index (χ0v) is 10.0. The molecule has 15 heavy (non-hydrogen) atoms. The summed E-state index contributed by atoms with van der Waals surface area (Å²) in [7, 11) is 0. The molecule has 0 aliphatic carbocycles. The molecule has 84 valence electrons. The number of hydrogen-bond acceptors (Lipinski definition) is 2. The number of carbonyl (C=O) groups is 1. The smallest absolute Gasteiger partial charge is 0.170 e. The van der Waals surface area contributed by atoms with E-state index in [0.29, 0.717) is 0 Å². The van der Waals surface area contributed by atoms with Gasteiger partial charge in [-0.15, -0.1) is 0 Å². The summed E-state index contributed by atoms with van der Waals surface area (Å²) >= 11 is 0. The average Bonchev–Trinajstić information content (AvgIpc) is 2.01. The first-order valence-electron chi connectivity index (χ1n) is 4.81. The fourth-order valence-corrected chi connectivity index (χ4v) is 1.41. The normalized spacial score (nSPS) is 10.7. The Balaban J connectivity index is 0.00000196. The number of ketones is 1. The zero-order chi connectivity index (χ0) is 10.9. The van der Waals surface area contributed by atoms with Gasteiger partial charge in [-0.2, -0.15) is 0 Å². The number of aromatic nitrogens is 1. The van der Waals surface area contributed by atoms with Crippen LogP contribution in [0.2, 0.25) is 0 Å². The largest absolute Gasteiger partial charge is 0.412 e. The number of carbonyl (C=O) groups excluding carboxylic acids is 1. The van der Waals surface area contributed by atoms with E-state index in [2.05, 4.69) is 4.98 Å². The maximum absolute atomic E-state index is 12.1. The molecule has 0 aliphatic rings. The van der Waals surface area contributed by atoms with Gasteiger partial charge in [0.25, 0.3) is 0 Å². The summed E-state index contributed by atoms with van der Waals surface area (Å²) in [6.07, 6.45) is 1.74. The van der Waals surface area contributed by atoms with Crippen molar-refractivity contribution in [3.63, 3.8) is 0 Å². The molecule has 0 saturated heterocycles. The van der Waals surface area contributed by atoms with Gasteiger partial charge in [-0.3, -0.25) is 9.78 Å². The number of rotatable bonds is 1. The molecule has 0 unspecified atom stereocenters. The first kappa shape index (κ1) is 13.8. The van der Waals surface area contributed by atoms with Crippen LogP contribution in [0.3, 0.4) is 0 Å². The summed E-state index contributed by atoms with van der Waals surface area (Å²) in [5.41, 5.74) is 2.28. The molecule has 1 heterocycles. The second-order valence-electron chi connectivity index (χ2n) is 4.67. The molecule has 0 aliphatic heterocycles. The number of nitrogens with zero attached hydrogens (tertiary/aromatic N) is 1. The third-order valence-electron chi connectivity index (χ3n) is 2.26. The van der Waals surface area contributed by atoms with Gasteiger partial charge in [0.15, 0.2) is 5.78 Å². The minimum Gasteiger partial charge on any atom is -0.412 e. The quantitative estimate of drug-likeness (QED) is 0.665. The van der Waals surface area contributed by atoms with Crippen LogP contribution >= 0.6 is 0 Å². The topological polar surface area (TPSA) is 61.5 Å². The van der Waals surface area contributed by atoms with Crippen molar-refractivity contribution in [2.75, 3.05) is 0 Å². The average molecular weight is 209 g/mol. The summed E-state index contributed by atoms with van der Waals surface area (Å²) in [6, 6.07) is 1.88. The Morgan fingerprint density at radius 1 is 1.27 bits per heavy atom. The van der Waals surface area contributed by atoms with Gasteiger partial charge >= 0.3 is 0 Å². The lowest BCUT2D eigenvalue weighted by atomic mass is 9.84. The standard InChI is InChI=1S/C12H17NO.H2O/c1-8-6-7-13-9(2)10(8)11(14)12(3,4)5;/h6-7H,1-5H3;1H2. The predicted molar refractivity (Wildman–Crippen MR) is 61.1 cm³/mol. The lowest BCUT2D eigenvalue weighted by Crippen LogP contribution is -2.22. The molecule has 2 N–H and O–H groups in total. The highest BCUT2D eigenvalue weighted by molar-refractivity contribution is 6.01. The second-order valence-corrected chi connectivity index (χ2v) is 4.67. The molecule has 1 aromatic rings. The van der Waals surface area contributed by atoms with E-state index in [-0.39, 0.29) is 16.7 Å². The van der Waals surface area contributed by atoms with Crippen LogP contribution in [0.4, 0.5) is 0 Å². The first-order valence-corrected chi connectivity index (χ1v) is 4.81. The Kier molecular flexibility index (Phi) is 4.16. The molecule has 0 atom stereocenters. The van der Waals surface area contributed by atoms with Crippen molar-refractivity contribution in [2.24, 2.45) is 5.41 Å². The van der Waals surface area contributed by atoms with E-state index in [9.17, 15) is 4.79 Å². The molecule has 1 rings (SSSR count). The Bertz CT molecular complexity index is 344. The van der Waals surface area contributed by atoms with Crippen molar-refractivity contribution in [2.45, 2.75) is 34.6 Å². The number of pyridine rings is 1. The van der Waals surface area contributed by atoms with Crippen LogP contribution in [-0.2, 0) is 0 Å². The van der Waals surface area contributed by atoms with Gasteiger partial charge in [-0.1, -0.05) is 20.8 Å². The molecule has 0 bridgehead atoms. The molecule has 3 nitrogen and oxygen atoms in total. The van der Waals surface area contributed by atoms with Gasteiger partial charge in [0.2, 0.25) is 0 Å². The predicted octanol–water partition coefficient (Wildman–Crippen LogP) is 2.10. The van der Waals surface area contributed by atoms with Crippen LogP contribution in [0.5, 0.6) is 0 Å². The fraction of sp³-hybridized carbons (Fsp3) is 0.500. The first-order chi connectivity index (χ1) is 6.34. The van der Waals surface area contributed by atoms with Crippen LogP contribution in [0.25, 0.3) is 0 Å². The van der Waals surface area contributed by atoms with Crippen molar-refractivity contribution < 1.29 is 10.3 Å². The van der Waals surface area contributed by atoms with Crippen LogP contribution in [0.15, 0.2) is 12.3 Å². The van der Waals surface area contributed by atoms with Crippen LogP contribution < -0.4 is 0 Å². The summed E-state index contributed by atoms with van der Waals surface area (Å²) in [6.45, 7) is 9.63. The molecule has 0 saturated carbocycles. The molecule has 0 aromatic carbocycles. The molecular formula is C12H19NO2. The monoisotopic (exact) mass is 209 g/mol. The van der Waals surface area contributed by atoms with Gasteiger partial charge in [0.05, 0.1) is 0 Å². The van der Waals surface area contributed by atoms with Gasteiger partial charge in [-0.25, -0.2) is 0 Å². The Morgan fingerprint density at radius 3 is 2.20 bits per heavy atom. The third-order valence-corrected chi connectivity index (χ3v) is 2.26. The van der Waals surface area contributed by atoms with Crippen molar-refractivity contribution >= 4 is 5.78 Å². The van der Waals surface area contributed by atoms with E-state index >= 15 is 0 Å². The summed E-state index contributed by atoms with van der Waals surface area (Å²) in [5.74, 6) is 0.167. The van der Waals surface area contributed by atoms with E-state index in [1.54, 1.807) is 6.20 Å². The van der Waals surface area contributed by atoms with Crippen molar-refractivity contribution in [3.8, 4) is 0 Å². The molecule has 1 aromatic heterocycles. The Hall–Kier alpha value is -1.22. The van der Waals surface area contributed by atoms with Crippen LogP contribution in [-0.4, -0.2) is 16.2 Å². The van der Waals surface area contributed by atoms with Gasteiger partial charge in [0.1, 0.15) is 0 Å². The molecule has 0 amide bonds. The lowest BCUT2D eigenvalue weighted by molar-refractivity contribution is 0.0856. The maximum Gasteiger partial charge on any atom is 0.170 e. The maximum atomic E-state index is 12.1. The zero-order valence-electron chi connectivity index (χ0n) is 10.0. The number of hydrogen-bond donors (Lipinski definition) is 0. The highest BCUT2D eigenvalue weighted by atomic mass is 16.1. The van der Waals surface area contributed by atoms with E-state index in [4.69, 9.17) is 0 Å².